The predicted molar refractivity (Wildman–Crippen MR) is 86.2 cm³/mol. The van der Waals surface area contributed by atoms with E-state index in [1.165, 1.54) is 16.7 Å². The normalized spacial score (nSPS) is 10.4. The van der Waals surface area contributed by atoms with E-state index >= 15 is 0 Å². The van der Waals surface area contributed by atoms with E-state index in [0.29, 0.717) is 5.56 Å². The topological polar surface area (TPSA) is 41.1 Å². The Morgan fingerprint density at radius 3 is 2.24 bits per heavy atom. The Labute approximate surface area is 126 Å². The summed E-state index contributed by atoms with van der Waals surface area (Å²) in [6, 6.07) is 16.2. The van der Waals surface area contributed by atoms with Crippen molar-refractivity contribution in [2.75, 3.05) is 7.05 Å². The quantitative estimate of drug-likeness (QED) is 0.855. The molecule has 21 heavy (non-hydrogen) atoms. The molecule has 0 unspecified atom stereocenters. The molecule has 2 rings (SSSR count). The largest absolute Gasteiger partial charge is 0.355 e. The second-order valence-corrected chi connectivity index (χ2v) is 5.00. The van der Waals surface area contributed by atoms with Crippen LogP contribution in [0.5, 0.6) is 0 Å². The number of benzene rings is 2. The van der Waals surface area contributed by atoms with Gasteiger partial charge in [0.1, 0.15) is 0 Å². The van der Waals surface area contributed by atoms with Crippen LogP contribution in [0, 0.1) is 0 Å². The van der Waals surface area contributed by atoms with Gasteiger partial charge in [-0.15, -0.1) is 0 Å². The molecule has 0 spiro atoms. The van der Waals surface area contributed by atoms with Crippen molar-refractivity contribution in [1.82, 2.24) is 10.6 Å². The molecule has 0 aromatic heterocycles. The molecule has 2 aromatic rings. The maximum absolute atomic E-state index is 11.5. The van der Waals surface area contributed by atoms with Gasteiger partial charge in [-0.1, -0.05) is 43.3 Å². The molecule has 0 saturated heterocycles. The summed E-state index contributed by atoms with van der Waals surface area (Å²) in [5, 5.41) is 6.08. The van der Waals surface area contributed by atoms with E-state index in [2.05, 4.69) is 41.8 Å². The zero-order valence-electron chi connectivity index (χ0n) is 12.6. The molecule has 0 atom stereocenters. The molecule has 3 heteroatoms. The minimum Gasteiger partial charge on any atom is -0.355 e. The molecule has 110 valence electrons. The lowest BCUT2D eigenvalue weighted by Crippen LogP contribution is -2.18. The number of carbonyl (C=O) groups excluding carboxylic acids is 1. The van der Waals surface area contributed by atoms with E-state index in [-0.39, 0.29) is 5.91 Å². The van der Waals surface area contributed by atoms with Crippen LogP contribution in [0.1, 0.15) is 34.0 Å². The molecule has 0 bridgehead atoms. The lowest BCUT2D eigenvalue weighted by Gasteiger charge is -2.09. The Kier molecular flexibility index (Phi) is 5.52. The summed E-state index contributed by atoms with van der Waals surface area (Å²) >= 11 is 0. The van der Waals surface area contributed by atoms with Gasteiger partial charge in [-0.2, -0.15) is 0 Å². The van der Waals surface area contributed by atoms with Crippen LogP contribution < -0.4 is 10.6 Å². The van der Waals surface area contributed by atoms with Gasteiger partial charge in [-0.25, -0.2) is 0 Å². The van der Waals surface area contributed by atoms with Crippen molar-refractivity contribution < 1.29 is 4.79 Å². The summed E-state index contributed by atoms with van der Waals surface area (Å²) in [6.45, 7) is 3.84. The van der Waals surface area contributed by atoms with Gasteiger partial charge in [0.05, 0.1) is 0 Å². The van der Waals surface area contributed by atoms with Crippen molar-refractivity contribution in [2.45, 2.75) is 26.4 Å². The first-order chi connectivity index (χ1) is 10.2. The number of hydrogen-bond donors (Lipinski definition) is 2. The first-order valence-corrected chi connectivity index (χ1v) is 7.33. The SMILES string of the molecule is CCc1ccccc1CNCc1ccc(C(=O)NC)cc1. The van der Waals surface area contributed by atoms with Crippen LogP contribution in [0.25, 0.3) is 0 Å². The maximum Gasteiger partial charge on any atom is 0.251 e. The van der Waals surface area contributed by atoms with Crippen LogP contribution in [-0.4, -0.2) is 13.0 Å². The van der Waals surface area contributed by atoms with Crippen LogP contribution in [0.2, 0.25) is 0 Å². The molecular formula is C18H22N2O. The number of amides is 1. The summed E-state index contributed by atoms with van der Waals surface area (Å²) in [4.78, 5) is 11.5. The minimum absolute atomic E-state index is 0.0496. The standard InChI is InChI=1S/C18H22N2O/c1-3-15-6-4-5-7-17(15)13-20-12-14-8-10-16(11-9-14)18(21)19-2/h4-11,20H,3,12-13H2,1-2H3,(H,19,21). The van der Waals surface area contributed by atoms with Gasteiger partial charge < -0.3 is 10.6 Å². The van der Waals surface area contributed by atoms with Crippen molar-refractivity contribution >= 4 is 5.91 Å². The average molecular weight is 282 g/mol. The molecule has 3 nitrogen and oxygen atoms in total. The number of rotatable bonds is 6. The molecule has 2 aromatic carbocycles. The van der Waals surface area contributed by atoms with Crippen LogP contribution in [0.15, 0.2) is 48.5 Å². The van der Waals surface area contributed by atoms with Crippen molar-refractivity contribution in [3.05, 3.63) is 70.8 Å². The fourth-order valence-corrected chi connectivity index (χ4v) is 2.33. The monoisotopic (exact) mass is 282 g/mol. The second-order valence-electron chi connectivity index (χ2n) is 5.00. The smallest absolute Gasteiger partial charge is 0.251 e. The highest BCUT2D eigenvalue weighted by Crippen LogP contribution is 2.10. The summed E-state index contributed by atoms with van der Waals surface area (Å²) in [7, 11) is 1.64. The molecule has 0 radical (unpaired) electrons. The zero-order chi connectivity index (χ0) is 15.1. The second kappa shape index (κ2) is 7.60. The molecule has 0 saturated carbocycles. The summed E-state index contributed by atoms with van der Waals surface area (Å²) < 4.78 is 0. The molecule has 1 amide bonds. The van der Waals surface area contributed by atoms with Gasteiger partial charge in [0, 0.05) is 25.7 Å². The lowest BCUT2D eigenvalue weighted by molar-refractivity contribution is 0.0963. The van der Waals surface area contributed by atoms with Gasteiger partial charge in [-0.3, -0.25) is 4.79 Å². The lowest BCUT2D eigenvalue weighted by atomic mass is 10.1. The minimum atomic E-state index is -0.0496. The number of carbonyl (C=O) groups is 1. The highest BCUT2D eigenvalue weighted by molar-refractivity contribution is 5.93. The Hall–Kier alpha value is -2.13. The van der Waals surface area contributed by atoms with Crippen LogP contribution in [0.3, 0.4) is 0 Å². The number of hydrogen-bond acceptors (Lipinski definition) is 2. The molecular weight excluding hydrogens is 260 g/mol. The summed E-state index contributed by atoms with van der Waals surface area (Å²) in [6.07, 6.45) is 1.05. The molecule has 0 aliphatic carbocycles. The van der Waals surface area contributed by atoms with Gasteiger partial charge in [-0.05, 0) is 35.2 Å². The predicted octanol–water partition coefficient (Wildman–Crippen LogP) is 2.90. The third kappa shape index (κ3) is 4.17. The first kappa shape index (κ1) is 15.3. The fraction of sp³-hybridized carbons (Fsp3) is 0.278. The van der Waals surface area contributed by atoms with Gasteiger partial charge >= 0.3 is 0 Å². The van der Waals surface area contributed by atoms with Crippen molar-refractivity contribution in [3.63, 3.8) is 0 Å². The third-order valence-electron chi connectivity index (χ3n) is 3.59. The Morgan fingerprint density at radius 2 is 1.62 bits per heavy atom. The van der Waals surface area contributed by atoms with Gasteiger partial charge in [0.15, 0.2) is 0 Å². The molecule has 0 aliphatic heterocycles. The molecule has 0 heterocycles. The van der Waals surface area contributed by atoms with E-state index in [1.807, 2.05) is 24.3 Å². The van der Waals surface area contributed by atoms with Crippen molar-refractivity contribution in [1.29, 1.82) is 0 Å². The van der Waals surface area contributed by atoms with E-state index in [9.17, 15) is 4.79 Å². The Bertz CT molecular complexity index is 590. The highest BCUT2D eigenvalue weighted by atomic mass is 16.1. The number of nitrogens with one attached hydrogen (secondary N) is 2. The Balaban J connectivity index is 1.90. The Morgan fingerprint density at radius 1 is 0.952 bits per heavy atom. The van der Waals surface area contributed by atoms with Crippen molar-refractivity contribution in [2.24, 2.45) is 0 Å². The van der Waals surface area contributed by atoms with E-state index < -0.39 is 0 Å². The van der Waals surface area contributed by atoms with Crippen molar-refractivity contribution in [3.8, 4) is 0 Å². The summed E-state index contributed by atoms with van der Waals surface area (Å²) in [5.74, 6) is -0.0496. The number of aryl methyl sites for hydroxylation is 1. The van der Waals surface area contributed by atoms with E-state index in [4.69, 9.17) is 0 Å². The van der Waals surface area contributed by atoms with Crippen LogP contribution >= 0.6 is 0 Å². The molecule has 0 aliphatic rings. The average Bonchev–Trinajstić information content (AvgIpc) is 2.55. The summed E-state index contributed by atoms with van der Waals surface area (Å²) in [5.41, 5.74) is 4.61. The van der Waals surface area contributed by atoms with E-state index in [0.717, 1.165) is 19.5 Å². The molecule has 0 fully saturated rings. The highest BCUT2D eigenvalue weighted by Gasteiger charge is 2.03. The van der Waals surface area contributed by atoms with E-state index in [1.54, 1.807) is 7.05 Å². The first-order valence-electron chi connectivity index (χ1n) is 7.33. The molecule has 2 N–H and O–H groups in total. The maximum atomic E-state index is 11.5. The third-order valence-corrected chi connectivity index (χ3v) is 3.59. The fourth-order valence-electron chi connectivity index (χ4n) is 2.33. The van der Waals surface area contributed by atoms with Gasteiger partial charge in [0.25, 0.3) is 5.91 Å². The van der Waals surface area contributed by atoms with Crippen LogP contribution in [0.4, 0.5) is 0 Å². The van der Waals surface area contributed by atoms with Crippen LogP contribution in [-0.2, 0) is 19.5 Å². The zero-order valence-corrected chi connectivity index (χ0v) is 12.6. The van der Waals surface area contributed by atoms with Gasteiger partial charge in [0.2, 0.25) is 0 Å².